The van der Waals surface area contributed by atoms with Gasteiger partial charge in [-0.2, -0.15) is 15.6 Å². The number of benzene rings is 1. The van der Waals surface area contributed by atoms with Crippen molar-refractivity contribution in [1.82, 2.24) is 0 Å². The highest BCUT2D eigenvalue weighted by Gasteiger charge is 2.04. The van der Waals surface area contributed by atoms with Crippen molar-refractivity contribution < 1.29 is 4.39 Å². The van der Waals surface area contributed by atoms with E-state index in [1.165, 1.54) is 6.07 Å². The molecule has 0 aliphatic rings. The van der Waals surface area contributed by atoms with Crippen molar-refractivity contribution in [3.8, 4) is 12.1 Å². The molecule has 86 valence electrons. The molecule has 0 unspecified atom stereocenters. The molecule has 0 saturated heterocycles. The van der Waals surface area contributed by atoms with E-state index in [1.807, 2.05) is 0 Å². The van der Waals surface area contributed by atoms with Crippen LogP contribution in [0.5, 0.6) is 0 Å². The predicted molar refractivity (Wildman–Crippen MR) is 63.0 cm³/mol. The molecule has 0 aliphatic carbocycles. The molecule has 0 aliphatic heterocycles. The van der Waals surface area contributed by atoms with Gasteiger partial charge in [0.25, 0.3) is 0 Å². The van der Waals surface area contributed by atoms with E-state index in [4.69, 9.17) is 10.5 Å². The molecule has 5 nitrogen and oxygen atoms in total. The molecule has 0 aromatic heterocycles. The summed E-state index contributed by atoms with van der Waals surface area (Å²) in [5.74, 6) is -0.411. The number of hydrogen-bond acceptors (Lipinski definition) is 5. The molecule has 0 atom stereocenters. The number of nitrogens with one attached hydrogen (secondary N) is 1. The number of hydrazone groups is 1. The number of nitriles is 2. The van der Waals surface area contributed by atoms with Gasteiger partial charge in [0.15, 0.2) is 0 Å². The molecule has 0 saturated carbocycles. The molecule has 0 bridgehead atoms. The van der Waals surface area contributed by atoms with E-state index < -0.39 is 5.82 Å². The predicted octanol–water partition coefficient (Wildman–Crippen LogP) is 1.71. The Bertz CT molecular complexity index is 506. The van der Waals surface area contributed by atoms with E-state index >= 15 is 0 Å². The lowest BCUT2D eigenvalue weighted by atomic mass is 10.2. The maximum absolute atomic E-state index is 13.5. The SMILES string of the molecule is CN(C)c1ccc(NN=C(C#N)C#N)cc1F. The van der Waals surface area contributed by atoms with Crippen LogP contribution in [0, 0.1) is 28.5 Å². The first-order valence-electron chi connectivity index (χ1n) is 4.69. The van der Waals surface area contributed by atoms with Crippen LogP contribution in [-0.2, 0) is 0 Å². The number of anilines is 2. The van der Waals surface area contributed by atoms with Crippen molar-refractivity contribution in [3.63, 3.8) is 0 Å². The minimum Gasteiger partial charge on any atom is -0.375 e. The van der Waals surface area contributed by atoms with Gasteiger partial charge in [-0.15, -0.1) is 0 Å². The Balaban J connectivity index is 2.90. The Morgan fingerprint density at radius 3 is 2.47 bits per heavy atom. The van der Waals surface area contributed by atoms with Crippen LogP contribution < -0.4 is 10.3 Å². The van der Waals surface area contributed by atoms with Crippen LogP contribution in [0.15, 0.2) is 23.3 Å². The summed E-state index contributed by atoms with van der Waals surface area (Å²) in [6.07, 6.45) is 0. The van der Waals surface area contributed by atoms with E-state index in [0.717, 1.165) is 0 Å². The Hall–Kier alpha value is -2.60. The molecular formula is C11H10FN5. The van der Waals surface area contributed by atoms with E-state index in [1.54, 1.807) is 43.3 Å². The van der Waals surface area contributed by atoms with Crippen molar-refractivity contribution in [3.05, 3.63) is 24.0 Å². The van der Waals surface area contributed by atoms with Gasteiger partial charge in [-0.1, -0.05) is 0 Å². The fourth-order valence-electron chi connectivity index (χ4n) is 1.13. The minimum absolute atomic E-state index is 0.318. The number of rotatable bonds is 3. The highest BCUT2D eigenvalue weighted by Crippen LogP contribution is 2.20. The van der Waals surface area contributed by atoms with Gasteiger partial charge in [-0.05, 0) is 12.1 Å². The summed E-state index contributed by atoms with van der Waals surface area (Å²) in [6.45, 7) is 0. The van der Waals surface area contributed by atoms with Crippen molar-refractivity contribution in [2.75, 3.05) is 24.4 Å². The standard InChI is InChI=1S/C11H10FN5/c1-17(2)11-4-3-8(5-10(11)12)15-16-9(6-13)7-14/h3-5,15H,1-2H3. The molecular weight excluding hydrogens is 221 g/mol. The van der Waals surface area contributed by atoms with Crippen LogP contribution in [0.1, 0.15) is 0 Å². The van der Waals surface area contributed by atoms with Crippen LogP contribution in [0.25, 0.3) is 0 Å². The van der Waals surface area contributed by atoms with Crippen molar-refractivity contribution in [1.29, 1.82) is 10.5 Å². The third-order valence-electron chi connectivity index (χ3n) is 1.94. The Labute approximate surface area is 98.4 Å². The second-order valence-corrected chi connectivity index (χ2v) is 3.36. The first kappa shape index (κ1) is 12.5. The van der Waals surface area contributed by atoms with Gasteiger partial charge >= 0.3 is 0 Å². The third-order valence-corrected chi connectivity index (χ3v) is 1.94. The Kier molecular flexibility index (Phi) is 4.02. The number of nitrogens with zero attached hydrogens (tertiary/aromatic N) is 4. The summed E-state index contributed by atoms with van der Waals surface area (Å²) in [4.78, 5) is 1.64. The van der Waals surface area contributed by atoms with Crippen LogP contribution in [0.2, 0.25) is 0 Å². The van der Waals surface area contributed by atoms with E-state index in [0.29, 0.717) is 11.4 Å². The van der Waals surface area contributed by atoms with E-state index in [2.05, 4.69) is 10.5 Å². The largest absolute Gasteiger partial charge is 0.375 e. The minimum atomic E-state index is -0.411. The van der Waals surface area contributed by atoms with Crippen molar-refractivity contribution in [2.45, 2.75) is 0 Å². The summed E-state index contributed by atoms with van der Waals surface area (Å²) in [5, 5.41) is 20.4. The monoisotopic (exact) mass is 231 g/mol. The Morgan fingerprint density at radius 2 is 2.00 bits per heavy atom. The molecule has 0 fully saturated rings. The molecule has 6 heteroatoms. The van der Waals surface area contributed by atoms with Gasteiger partial charge < -0.3 is 4.90 Å². The fraction of sp³-hybridized carbons (Fsp3) is 0.182. The molecule has 1 aromatic carbocycles. The average Bonchev–Trinajstić information content (AvgIpc) is 2.30. The first-order valence-corrected chi connectivity index (χ1v) is 4.69. The zero-order chi connectivity index (χ0) is 12.8. The molecule has 1 aromatic rings. The lowest BCUT2D eigenvalue weighted by Gasteiger charge is -2.13. The summed E-state index contributed by atoms with van der Waals surface area (Å²) in [5.41, 5.74) is 2.94. The lowest BCUT2D eigenvalue weighted by molar-refractivity contribution is 0.626. The normalized spacial score (nSPS) is 8.76. The smallest absolute Gasteiger partial charge is 0.237 e. The van der Waals surface area contributed by atoms with Crippen LogP contribution >= 0.6 is 0 Å². The Morgan fingerprint density at radius 1 is 1.35 bits per heavy atom. The summed E-state index contributed by atoms with van der Waals surface area (Å²) >= 11 is 0. The fourth-order valence-corrected chi connectivity index (χ4v) is 1.13. The molecule has 0 amide bonds. The molecule has 17 heavy (non-hydrogen) atoms. The quantitative estimate of drug-likeness (QED) is 0.634. The third kappa shape index (κ3) is 3.18. The topological polar surface area (TPSA) is 75.2 Å². The summed E-state index contributed by atoms with van der Waals surface area (Å²) in [7, 11) is 3.46. The highest BCUT2D eigenvalue weighted by molar-refractivity contribution is 6.10. The average molecular weight is 231 g/mol. The zero-order valence-electron chi connectivity index (χ0n) is 9.40. The molecule has 1 N–H and O–H groups in total. The zero-order valence-corrected chi connectivity index (χ0v) is 9.40. The highest BCUT2D eigenvalue weighted by atomic mass is 19.1. The number of halogens is 1. The molecule has 0 spiro atoms. The number of hydrogen-bond donors (Lipinski definition) is 1. The second kappa shape index (κ2) is 5.47. The first-order chi connectivity index (χ1) is 8.08. The second-order valence-electron chi connectivity index (χ2n) is 3.36. The summed E-state index contributed by atoms with van der Waals surface area (Å²) in [6, 6.07) is 7.60. The van der Waals surface area contributed by atoms with E-state index in [-0.39, 0.29) is 5.71 Å². The maximum atomic E-state index is 13.5. The van der Waals surface area contributed by atoms with Gasteiger partial charge in [-0.25, -0.2) is 4.39 Å². The van der Waals surface area contributed by atoms with Crippen molar-refractivity contribution in [2.24, 2.45) is 5.10 Å². The van der Waals surface area contributed by atoms with Crippen LogP contribution in [-0.4, -0.2) is 19.8 Å². The molecule has 0 radical (unpaired) electrons. The maximum Gasteiger partial charge on any atom is 0.237 e. The van der Waals surface area contributed by atoms with Gasteiger partial charge in [-0.3, -0.25) is 5.43 Å². The molecule has 1 rings (SSSR count). The molecule has 0 heterocycles. The van der Waals surface area contributed by atoms with Gasteiger partial charge in [0.1, 0.15) is 18.0 Å². The van der Waals surface area contributed by atoms with Gasteiger partial charge in [0, 0.05) is 20.2 Å². The summed E-state index contributed by atoms with van der Waals surface area (Å²) < 4.78 is 13.5. The van der Waals surface area contributed by atoms with Gasteiger partial charge in [0.2, 0.25) is 5.71 Å². The van der Waals surface area contributed by atoms with Crippen molar-refractivity contribution >= 4 is 17.1 Å². The lowest BCUT2D eigenvalue weighted by Crippen LogP contribution is -2.10. The van der Waals surface area contributed by atoms with E-state index in [9.17, 15) is 4.39 Å². The van der Waals surface area contributed by atoms with Crippen LogP contribution in [0.3, 0.4) is 0 Å². The van der Waals surface area contributed by atoms with Gasteiger partial charge in [0.05, 0.1) is 11.4 Å². The van der Waals surface area contributed by atoms with Crippen LogP contribution in [0.4, 0.5) is 15.8 Å².